The normalized spacial score (nSPS) is 13.0. The fourth-order valence-corrected chi connectivity index (χ4v) is 1.46. The second-order valence-corrected chi connectivity index (χ2v) is 3.16. The Morgan fingerprint density at radius 3 is 2.75 bits per heavy atom. The highest BCUT2D eigenvalue weighted by Crippen LogP contribution is 2.29. The highest BCUT2D eigenvalue weighted by Gasteiger charge is 2.11. The molecule has 1 aromatic heterocycles. The molecule has 66 valence electrons. The van der Waals surface area contributed by atoms with Crippen molar-refractivity contribution in [2.45, 2.75) is 24.8 Å². The largest absolute Gasteiger partial charge is 0.387 e. The number of hydrogen-bond donors (Lipinski definition) is 1. The Labute approximate surface area is 75.1 Å². The summed E-state index contributed by atoms with van der Waals surface area (Å²) in [6.07, 6.45) is 0.847. The molecule has 0 saturated carbocycles. The van der Waals surface area contributed by atoms with Crippen LogP contribution in [0.15, 0.2) is 17.2 Å². The van der Waals surface area contributed by atoms with Gasteiger partial charge >= 0.3 is 0 Å². The minimum absolute atomic E-state index is 0.128. The number of hydrogen-bond acceptors (Lipinski definition) is 3. The molecule has 0 saturated heterocycles. The number of aryl methyl sites for hydroxylation is 1. The first kappa shape index (κ1) is 9.48. The van der Waals surface area contributed by atoms with Crippen LogP contribution in [0.25, 0.3) is 0 Å². The molecule has 1 heterocycles. The molecule has 2 nitrogen and oxygen atoms in total. The van der Waals surface area contributed by atoms with Crippen LogP contribution in [0.4, 0.5) is 3.89 Å². The molecule has 1 unspecified atom stereocenters. The number of aliphatic hydroxyl groups is 1. The zero-order valence-corrected chi connectivity index (χ0v) is 7.73. The van der Waals surface area contributed by atoms with Gasteiger partial charge in [-0.05, 0) is 25.5 Å². The first-order valence-electron chi connectivity index (χ1n) is 3.59. The van der Waals surface area contributed by atoms with Crippen LogP contribution < -0.4 is 0 Å². The number of nitrogens with zero attached hydrogens (tertiary/aromatic N) is 1. The minimum atomic E-state index is -0.719. The van der Waals surface area contributed by atoms with E-state index in [2.05, 4.69) is 4.98 Å². The Hall–Kier alpha value is -0.610. The van der Waals surface area contributed by atoms with E-state index in [4.69, 9.17) is 0 Å². The molecule has 1 N–H and O–H groups in total. The van der Waals surface area contributed by atoms with Crippen LogP contribution in [0, 0.1) is 6.92 Å². The van der Waals surface area contributed by atoms with Crippen LogP contribution in [0.2, 0.25) is 0 Å². The van der Waals surface area contributed by atoms with E-state index in [0.29, 0.717) is 10.6 Å². The van der Waals surface area contributed by atoms with Gasteiger partial charge in [0.1, 0.15) is 0 Å². The van der Waals surface area contributed by atoms with Crippen LogP contribution in [0.3, 0.4) is 0 Å². The summed E-state index contributed by atoms with van der Waals surface area (Å²) < 4.78 is 12.4. The fourth-order valence-electron chi connectivity index (χ4n) is 0.964. The lowest BCUT2D eigenvalue weighted by molar-refractivity contribution is 0.191. The number of rotatable bonds is 2. The van der Waals surface area contributed by atoms with Crippen molar-refractivity contribution in [3.05, 3.63) is 23.5 Å². The van der Waals surface area contributed by atoms with E-state index in [1.165, 1.54) is 0 Å². The summed E-state index contributed by atoms with van der Waals surface area (Å²) in [5.41, 5.74) is 1.20. The molecule has 0 aliphatic carbocycles. The van der Waals surface area contributed by atoms with Gasteiger partial charge in [0.15, 0.2) is 0 Å². The first-order valence-corrected chi connectivity index (χ1v) is 4.30. The quantitative estimate of drug-likeness (QED) is 0.771. The van der Waals surface area contributed by atoms with Crippen molar-refractivity contribution < 1.29 is 8.99 Å². The van der Waals surface area contributed by atoms with Crippen molar-refractivity contribution in [3.8, 4) is 0 Å². The van der Waals surface area contributed by atoms with Crippen molar-refractivity contribution in [3.63, 3.8) is 0 Å². The Morgan fingerprint density at radius 2 is 2.33 bits per heavy atom. The standard InChI is InChI=1S/C8H10FNOS/c1-5-3-4-10-7(6(2)11)8(5)12-9/h3-4,6,11H,1-2H3. The van der Waals surface area contributed by atoms with Gasteiger partial charge in [0, 0.05) is 6.20 Å². The van der Waals surface area contributed by atoms with Crippen LogP contribution in [-0.2, 0) is 0 Å². The van der Waals surface area contributed by atoms with Crippen molar-refractivity contribution in [1.29, 1.82) is 0 Å². The Kier molecular flexibility index (Phi) is 3.05. The smallest absolute Gasteiger partial charge is 0.0944 e. The summed E-state index contributed by atoms with van der Waals surface area (Å²) >= 11 is 0.128. The average Bonchev–Trinajstić information content (AvgIpc) is 2.03. The van der Waals surface area contributed by atoms with Gasteiger partial charge < -0.3 is 5.11 Å². The molecule has 0 bridgehead atoms. The maximum atomic E-state index is 12.4. The average molecular weight is 187 g/mol. The Bertz CT molecular complexity index is 278. The van der Waals surface area contributed by atoms with Crippen molar-refractivity contribution in [1.82, 2.24) is 4.98 Å². The molecule has 1 rings (SSSR count). The van der Waals surface area contributed by atoms with Crippen LogP contribution >= 0.6 is 12.1 Å². The van der Waals surface area contributed by atoms with Gasteiger partial charge in [0.25, 0.3) is 0 Å². The van der Waals surface area contributed by atoms with Crippen molar-refractivity contribution in [2.24, 2.45) is 0 Å². The third kappa shape index (κ3) is 1.76. The number of aliphatic hydroxyl groups excluding tert-OH is 1. The molecule has 12 heavy (non-hydrogen) atoms. The zero-order valence-electron chi connectivity index (χ0n) is 6.91. The predicted octanol–water partition coefficient (Wildman–Crippen LogP) is 2.42. The van der Waals surface area contributed by atoms with E-state index in [9.17, 15) is 8.99 Å². The highest BCUT2D eigenvalue weighted by atomic mass is 32.2. The fraction of sp³-hybridized carbons (Fsp3) is 0.375. The van der Waals surface area contributed by atoms with Crippen LogP contribution in [-0.4, -0.2) is 10.1 Å². The predicted molar refractivity (Wildman–Crippen MR) is 46.6 cm³/mol. The summed E-state index contributed by atoms with van der Waals surface area (Å²) in [6.45, 7) is 3.36. The van der Waals surface area contributed by atoms with E-state index in [1.54, 1.807) is 26.1 Å². The summed E-state index contributed by atoms with van der Waals surface area (Å²) in [4.78, 5) is 4.32. The van der Waals surface area contributed by atoms with Crippen molar-refractivity contribution in [2.75, 3.05) is 0 Å². The molecule has 0 amide bonds. The van der Waals surface area contributed by atoms with Gasteiger partial charge in [-0.25, -0.2) is 0 Å². The number of halogens is 1. The Balaban J connectivity index is 3.18. The third-order valence-electron chi connectivity index (χ3n) is 1.60. The lowest BCUT2D eigenvalue weighted by Gasteiger charge is -2.08. The molecule has 0 radical (unpaired) electrons. The van der Waals surface area contributed by atoms with Crippen molar-refractivity contribution >= 4 is 12.1 Å². The molecule has 0 fully saturated rings. The van der Waals surface area contributed by atoms with E-state index >= 15 is 0 Å². The Morgan fingerprint density at radius 1 is 1.67 bits per heavy atom. The minimum Gasteiger partial charge on any atom is -0.387 e. The number of aromatic nitrogens is 1. The zero-order chi connectivity index (χ0) is 9.14. The van der Waals surface area contributed by atoms with Gasteiger partial charge in [-0.15, -0.1) is 0 Å². The lowest BCUT2D eigenvalue weighted by Crippen LogP contribution is -1.98. The monoisotopic (exact) mass is 187 g/mol. The summed E-state index contributed by atoms with van der Waals surface area (Å²) in [6, 6.07) is 1.72. The second-order valence-electron chi connectivity index (χ2n) is 2.60. The molecule has 0 aliphatic heterocycles. The van der Waals surface area contributed by atoms with E-state index in [-0.39, 0.29) is 12.1 Å². The maximum absolute atomic E-state index is 12.4. The summed E-state index contributed by atoms with van der Waals surface area (Å²) in [5.74, 6) is 0. The molecular formula is C8H10FNOS. The van der Waals surface area contributed by atoms with Crippen LogP contribution in [0.5, 0.6) is 0 Å². The van der Waals surface area contributed by atoms with Gasteiger partial charge in [0.05, 0.1) is 28.8 Å². The highest BCUT2D eigenvalue weighted by molar-refractivity contribution is 7.94. The molecule has 4 heteroatoms. The molecule has 0 spiro atoms. The van der Waals surface area contributed by atoms with Crippen LogP contribution in [0.1, 0.15) is 24.3 Å². The van der Waals surface area contributed by atoms with Gasteiger partial charge in [-0.2, -0.15) is 3.89 Å². The molecule has 1 aromatic rings. The van der Waals surface area contributed by atoms with E-state index < -0.39 is 6.10 Å². The third-order valence-corrected chi connectivity index (χ3v) is 2.29. The second kappa shape index (κ2) is 3.87. The molecule has 0 aliphatic rings. The molecular weight excluding hydrogens is 177 g/mol. The summed E-state index contributed by atoms with van der Waals surface area (Å²) in [7, 11) is 0. The van der Waals surface area contributed by atoms with Gasteiger partial charge in [-0.1, -0.05) is 0 Å². The lowest BCUT2D eigenvalue weighted by atomic mass is 10.2. The van der Waals surface area contributed by atoms with Gasteiger partial charge in [-0.3, -0.25) is 4.98 Å². The maximum Gasteiger partial charge on any atom is 0.0944 e. The van der Waals surface area contributed by atoms with E-state index in [1.807, 2.05) is 0 Å². The van der Waals surface area contributed by atoms with Gasteiger partial charge in [0.2, 0.25) is 0 Å². The van der Waals surface area contributed by atoms with E-state index in [0.717, 1.165) is 5.56 Å². The first-order chi connectivity index (χ1) is 5.66. The topological polar surface area (TPSA) is 33.1 Å². The molecule has 0 aromatic carbocycles. The SMILES string of the molecule is Cc1ccnc(C(C)O)c1SF. The molecule has 1 atom stereocenters. The summed E-state index contributed by atoms with van der Waals surface area (Å²) in [5, 5.41) is 9.22. The number of pyridine rings is 1.